The maximum Gasteiger partial charge on any atom is 0.314 e. The van der Waals surface area contributed by atoms with Crippen LogP contribution in [0.4, 0.5) is 0 Å². The van der Waals surface area contributed by atoms with Crippen LogP contribution in [0.15, 0.2) is 109 Å². The number of ether oxygens (including phenoxy) is 4. The van der Waals surface area contributed by atoms with Crippen molar-refractivity contribution in [3.63, 3.8) is 0 Å². The molecule has 0 amide bonds. The van der Waals surface area contributed by atoms with Crippen LogP contribution in [0, 0.1) is 11.8 Å². The molecule has 260 valence electrons. The molecule has 0 aliphatic heterocycles. The van der Waals surface area contributed by atoms with Gasteiger partial charge in [-0.3, -0.25) is 9.59 Å². The summed E-state index contributed by atoms with van der Waals surface area (Å²) in [6.45, 7) is 4.89. The molecule has 0 N–H and O–H groups in total. The summed E-state index contributed by atoms with van der Waals surface area (Å²) in [5.41, 5.74) is 2.21. The zero-order valence-electron chi connectivity index (χ0n) is 29.2. The Balaban J connectivity index is 0.957. The summed E-state index contributed by atoms with van der Waals surface area (Å²) in [5, 5.41) is 0. The summed E-state index contributed by atoms with van der Waals surface area (Å²) in [6.07, 6.45) is 12.1. The number of rotatable bonds is 22. The molecule has 0 spiro atoms. The second-order valence-corrected chi connectivity index (χ2v) is 12.9. The molecule has 0 aliphatic rings. The number of hydrogen-bond acceptors (Lipinski definition) is 6. The van der Waals surface area contributed by atoms with Crippen LogP contribution in [-0.2, 0) is 22.8 Å². The van der Waals surface area contributed by atoms with Crippen LogP contribution in [-0.4, -0.2) is 11.9 Å². The molecule has 0 bridgehead atoms. The van der Waals surface area contributed by atoms with E-state index < -0.39 is 0 Å². The van der Waals surface area contributed by atoms with Crippen molar-refractivity contribution >= 4 is 11.9 Å². The van der Waals surface area contributed by atoms with E-state index in [-0.39, 0.29) is 23.8 Å². The summed E-state index contributed by atoms with van der Waals surface area (Å²) in [7, 11) is 0. The van der Waals surface area contributed by atoms with Gasteiger partial charge in [0.25, 0.3) is 0 Å². The molecular formula is C43H52O6. The molecule has 0 heterocycles. The Morgan fingerprint density at radius 2 is 0.735 bits per heavy atom. The Morgan fingerprint density at radius 1 is 0.429 bits per heavy atom. The molecule has 6 nitrogen and oxygen atoms in total. The van der Waals surface area contributed by atoms with E-state index >= 15 is 0 Å². The van der Waals surface area contributed by atoms with Crippen molar-refractivity contribution in [2.24, 2.45) is 11.8 Å². The standard InChI is InChI=1S/C43H52O6/c1-34(42(44)48-40-28-24-38(25-29-40)46-32-36-20-14-10-15-21-36)18-12-8-6-4-3-5-7-9-13-19-35(2)43(45)49-41-30-26-39(27-31-41)47-33-37-22-16-11-17-23-37/h10-11,14-17,20-31,34-35H,3-9,12-13,18-19,32-33H2,1-2H3/t34-,35-/m0/s1. The molecule has 0 saturated heterocycles. The average Bonchev–Trinajstić information content (AvgIpc) is 3.13. The molecule has 6 heteroatoms. The van der Waals surface area contributed by atoms with E-state index in [0.29, 0.717) is 24.7 Å². The summed E-state index contributed by atoms with van der Waals surface area (Å²) < 4.78 is 22.8. The van der Waals surface area contributed by atoms with Crippen molar-refractivity contribution in [2.45, 2.75) is 97.7 Å². The molecule has 0 radical (unpaired) electrons. The highest BCUT2D eigenvalue weighted by Gasteiger charge is 2.16. The van der Waals surface area contributed by atoms with E-state index in [1.165, 1.54) is 32.1 Å². The van der Waals surface area contributed by atoms with Crippen LogP contribution in [0.1, 0.15) is 95.6 Å². The van der Waals surface area contributed by atoms with E-state index in [1.54, 1.807) is 24.3 Å². The van der Waals surface area contributed by atoms with E-state index in [0.717, 1.165) is 61.2 Å². The lowest BCUT2D eigenvalue weighted by molar-refractivity contribution is -0.139. The number of benzene rings is 4. The highest BCUT2D eigenvalue weighted by Crippen LogP contribution is 2.23. The molecule has 0 fully saturated rings. The maximum absolute atomic E-state index is 12.5. The monoisotopic (exact) mass is 664 g/mol. The number of hydrogen-bond donors (Lipinski definition) is 0. The van der Waals surface area contributed by atoms with Crippen LogP contribution in [0.5, 0.6) is 23.0 Å². The molecule has 4 rings (SSSR count). The van der Waals surface area contributed by atoms with Crippen molar-refractivity contribution in [1.82, 2.24) is 0 Å². The molecule has 4 aromatic carbocycles. The van der Waals surface area contributed by atoms with Gasteiger partial charge in [-0.15, -0.1) is 0 Å². The van der Waals surface area contributed by atoms with Gasteiger partial charge >= 0.3 is 11.9 Å². The Labute approximate surface area is 292 Å². The van der Waals surface area contributed by atoms with E-state index in [9.17, 15) is 9.59 Å². The second kappa shape index (κ2) is 21.4. The van der Waals surface area contributed by atoms with Gasteiger partial charge in [0, 0.05) is 0 Å². The zero-order chi connectivity index (χ0) is 34.5. The summed E-state index contributed by atoms with van der Waals surface area (Å²) >= 11 is 0. The molecular weight excluding hydrogens is 612 g/mol. The highest BCUT2D eigenvalue weighted by atomic mass is 16.5. The van der Waals surface area contributed by atoms with E-state index in [2.05, 4.69) is 0 Å². The number of carbonyl (C=O) groups is 2. The molecule has 0 aliphatic carbocycles. The van der Waals surface area contributed by atoms with Crippen molar-refractivity contribution in [1.29, 1.82) is 0 Å². The Bertz CT molecular complexity index is 1370. The van der Waals surface area contributed by atoms with Crippen LogP contribution in [0.2, 0.25) is 0 Å². The van der Waals surface area contributed by atoms with Gasteiger partial charge in [-0.1, -0.05) is 132 Å². The fourth-order valence-electron chi connectivity index (χ4n) is 5.50. The lowest BCUT2D eigenvalue weighted by Crippen LogP contribution is -2.17. The molecule has 0 aromatic heterocycles. The van der Waals surface area contributed by atoms with Crippen molar-refractivity contribution in [3.05, 3.63) is 120 Å². The molecule has 2 atom stereocenters. The minimum absolute atomic E-state index is 0.126. The smallest absolute Gasteiger partial charge is 0.314 e. The number of esters is 2. The van der Waals surface area contributed by atoms with Crippen LogP contribution in [0.25, 0.3) is 0 Å². The summed E-state index contributed by atoms with van der Waals surface area (Å²) in [5.74, 6) is 1.97. The van der Waals surface area contributed by atoms with Crippen molar-refractivity contribution < 1.29 is 28.5 Å². The topological polar surface area (TPSA) is 71.1 Å². The lowest BCUT2D eigenvalue weighted by atomic mass is 10.00. The third-order valence-corrected chi connectivity index (χ3v) is 8.66. The van der Waals surface area contributed by atoms with Gasteiger partial charge in [-0.05, 0) is 72.5 Å². The fraction of sp³-hybridized carbons (Fsp3) is 0.395. The van der Waals surface area contributed by atoms with Gasteiger partial charge in [0.2, 0.25) is 0 Å². The van der Waals surface area contributed by atoms with Gasteiger partial charge in [-0.2, -0.15) is 0 Å². The lowest BCUT2D eigenvalue weighted by Gasteiger charge is -2.12. The third kappa shape index (κ3) is 14.6. The largest absolute Gasteiger partial charge is 0.489 e. The summed E-state index contributed by atoms with van der Waals surface area (Å²) in [6, 6.07) is 34.5. The minimum Gasteiger partial charge on any atom is -0.489 e. The first kappa shape index (κ1) is 37.2. The zero-order valence-corrected chi connectivity index (χ0v) is 29.2. The summed E-state index contributed by atoms with van der Waals surface area (Å²) in [4.78, 5) is 25.1. The normalized spacial score (nSPS) is 12.1. The predicted octanol–water partition coefficient (Wildman–Crippen LogP) is 10.9. The molecule has 49 heavy (non-hydrogen) atoms. The first-order valence-electron chi connectivity index (χ1n) is 17.9. The molecule has 0 unspecified atom stereocenters. The quantitative estimate of drug-likeness (QED) is 0.0473. The average molecular weight is 665 g/mol. The van der Waals surface area contributed by atoms with Crippen LogP contribution >= 0.6 is 0 Å². The maximum atomic E-state index is 12.5. The van der Waals surface area contributed by atoms with Crippen LogP contribution in [0.3, 0.4) is 0 Å². The SMILES string of the molecule is C[C@@H](CCCCCCCCCCC[C@H](C)C(=O)Oc1ccc(OCc2ccccc2)cc1)C(=O)Oc1ccc(OCc2ccccc2)cc1. The minimum atomic E-state index is -0.181. The van der Waals surface area contributed by atoms with Gasteiger partial charge < -0.3 is 18.9 Å². The van der Waals surface area contributed by atoms with Crippen molar-refractivity contribution in [3.8, 4) is 23.0 Å². The number of carbonyl (C=O) groups excluding carboxylic acids is 2. The van der Waals surface area contributed by atoms with Crippen LogP contribution < -0.4 is 18.9 Å². The van der Waals surface area contributed by atoms with Gasteiger partial charge in [0.15, 0.2) is 0 Å². The predicted molar refractivity (Wildman–Crippen MR) is 195 cm³/mol. The van der Waals surface area contributed by atoms with Gasteiger partial charge in [0.05, 0.1) is 11.8 Å². The van der Waals surface area contributed by atoms with Gasteiger partial charge in [0.1, 0.15) is 36.2 Å². The number of unbranched alkanes of at least 4 members (excludes halogenated alkanes) is 8. The first-order chi connectivity index (χ1) is 24.0. The van der Waals surface area contributed by atoms with Crippen molar-refractivity contribution in [2.75, 3.05) is 0 Å². The van der Waals surface area contributed by atoms with E-state index in [1.807, 2.05) is 98.8 Å². The Kier molecular flexibility index (Phi) is 16.3. The Morgan fingerprint density at radius 3 is 1.08 bits per heavy atom. The fourth-order valence-corrected chi connectivity index (χ4v) is 5.50. The van der Waals surface area contributed by atoms with E-state index in [4.69, 9.17) is 18.9 Å². The molecule has 0 saturated carbocycles. The van der Waals surface area contributed by atoms with Gasteiger partial charge in [-0.25, -0.2) is 0 Å². The first-order valence-corrected chi connectivity index (χ1v) is 17.9. The highest BCUT2D eigenvalue weighted by molar-refractivity contribution is 5.75. The third-order valence-electron chi connectivity index (χ3n) is 8.66. The molecule has 4 aromatic rings. The Hall–Kier alpha value is -4.58. The second-order valence-electron chi connectivity index (χ2n) is 12.9.